The van der Waals surface area contributed by atoms with E-state index in [2.05, 4.69) is 36.5 Å². The zero-order valence-electron chi connectivity index (χ0n) is 13.5. The summed E-state index contributed by atoms with van der Waals surface area (Å²) < 4.78 is 0. The highest BCUT2D eigenvalue weighted by molar-refractivity contribution is 5.94. The average Bonchev–Trinajstić information content (AvgIpc) is 2.55. The van der Waals surface area contributed by atoms with Crippen LogP contribution in [0.4, 0.5) is 0 Å². The van der Waals surface area contributed by atoms with Gasteiger partial charge in [0.25, 0.3) is 5.91 Å². The lowest BCUT2D eigenvalue weighted by atomic mass is 10.0. The van der Waals surface area contributed by atoms with Gasteiger partial charge < -0.3 is 11.1 Å². The van der Waals surface area contributed by atoms with Gasteiger partial charge in [-0.05, 0) is 49.1 Å². The number of carbonyl (C=O) groups excluding carboxylic acids is 1. The summed E-state index contributed by atoms with van der Waals surface area (Å²) >= 11 is 0. The first kappa shape index (κ1) is 16.2. The molecule has 0 saturated carbocycles. The van der Waals surface area contributed by atoms with Crippen LogP contribution in [0.1, 0.15) is 36.7 Å². The van der Waals surface area contributed by atoms with E-state index >= 15 is 0 Å². The lowest BCUT2D eigenvalue weighted by Gasteiger charge is -2.17. The van der Waals surface area contributed by atoms with E-state index in [4.69, 9.17) is 5.73 Å². The van der Waals surface area contributed by atoms with Crippen LogP contribution in [0.25, 0.3) is 11.1 Å². The Kier molecular flexibility index (Phi) is 5.34. The van der Waals surface area contributed by atoms with Crippen molar-refractivity contribution in [2.75, 3.05) is 0 Å². The third-order valence-electron chi connectivity index (χ3n) is 3.99. The maximum absolute atomic E-state index is 12.1. The van der Waals surface area contributed by atoms with E-state index in [1.54, 1.807) is 0 Å². The third kappa shape index (κ3) is 3.95. The molecule has 22 heavy (non-hydrogen) atoms. The number of benzene rings is 2. The Bertz CT molecular complexity index is 615. The summed E-state index contributed by atoms with van der Waals surface area (Å²) in [4.78, 5) is 12.1. The van der Waals surface area contributed by atoms with Crippen LogP contribution in [0.2, 0.25) is 0 Å². The van der Waals surface area contributed by atoms with Gasteiger partial charge in [-0.1, -0.05) is 43.3 Å². The fraction of sp³-hybridized carbons (Fsp3) is 0.316. The van der Waals surface area contributed by atoms with Crippen molar-refractivity contribution in [3.63, 3.8) is 0 Å². The minimum Gasteiger partial charge on any atom is -0.348 e. The third-order valence-corrected chi connectivity index (χ3v) is 3.99. The zero-order chi connectivity index (χ0) is 16.1. The van der Waals surface area contributed by atoms with Crippen LogP contribution >= 0.6 is 0 Å². The maximum Gasteiger partial charge on any atom is 0.251 e. The van der Waals surface area contributed by atoms with Gasteiger partial charge in [-0.3, -0.25) is 4.79 Å². The highest BCUT2D eigenvalue weighted by Crippen LogP contribution is 2.20. The van der Waals surface area contributed by atoms with Crippen LogP contribution in [0, 0.1) is 0 Å². The van der Waals surface area contributed by atoms with E-state index < -0.39 is 0 Å². The normalized spacial score (nSPS) is 13.5. The van der Waals surface area contributed by atoms with Gasteiger partial charge in [0.1, 0.15) is 0 Å². The number of carbonyl (C=O) groups is 1. The molecule has 2 unspecified atom stereocenters. The van der Waals surface area contributed by atoms with Gasteiger partial charge in [-0.2, -0.15) is 0 Å². The largest absolute Gasteiger partial charge is 0.348 e. The summed E-state index contributed by atoms with van der Waals surface area (Å²) in [6, 6.07) is 16.1. The Morgan fingerprint density at radius 2 is 1.50 bits per heavy atom. The van der Waals surface area contributed by atoms with E-state index in [1.165, 1.54) is 5.56 Å². The number of rotatable bonds is 5. The Labute approximate surface area is 132 Å². The van der Waals surface area contributed by atoms with Gasteiger partial charge in [-0.25, -0.2) is 0 Å². The highest BCUT2D eigenvalue weighted by Gasteiger charge is 2.12. The van der Waals surface area contributed by atoms with E-state index in [-0.39, 0.29) is 18.0 Å². The quantitative estimate of drug-likeness (QED) is 0.888. The van der Waals surface area contributed by atoms with Crippen LogP contribution in [0.3, 0.4) is 0 Å². The van der Waals surface area contributed by atoms with Crippen molar-refractivity contribution in [1.29, 1.82) is 0 Å². The molecule has 3 nitrogen and oxygen atoms in total. The Morgan fingerprint density at radius 3 is 1.95 bits per heavy atom. The average molecular weight is 296 g/mol. The molecule has 0 bridgehead atoms. The van der Waals surface area contributed by atoms with Crippen LogP contribution in [0.15, 0.2) is 48.5 Å². The van der Waals surface area contributed by atoms with E-state index in [0.29, 0.717) is 5.56 Å². The number of nitrogens with one attached hydrogen (secondary N) is 1. The first-order valence-corrected chi connectivity index (χ1v) is 7.77. The summed E-state index contributed by atoms with van der Waals surface area (Å²) in [5.41, 5.74) is 10.0. The van der Waals surface area contributed by atoms with Crippen LogP contribution in [0.5, 0.6) is 0 Å². The molecule has 2 aromatic rings. The number of aryl methyl sites for hydroxylation is 1. The lowest BCUT2D eigenvalue weighted by Crippen LogP contribution is -2.43. The summed E-state index contributed by atoms with van der Waals surface area (Å²) in [7, 11) is 0. The molecule has 2 aromatic carbocycles. The van der Waals surface area contributed by atoms with Gasteiger partial charge in [-0.15, -0.1) is 0 Å². The van der Waals surface area contributed by atoms with Crippen LogP contribution < -0.4 is 11.1 Å². The standard InChI is InChI=1S/C19H24N2O/c1-4-15-5-7-16(8-6-15)17-9-11-18(12-10-17)19(22)21-14(3)13(2)20/h5-14H,4,20H2,1-3H3,(H,21,22). The first-order chi connectivity index (χ1) is 10.5. The van der Waals surface area contributed by atoms with Crippen molar-refractivity contribution in [2.45, 2.75) is 39.3 Å². The predicted octanol–water partition coefficient (Wildman–Crippen LogP) is 3.38. The SMILES string of the molecule is CCc1ccc(-c2ccc(C(=O)NC(C)C(C)N)cc2)cc1. The summed E-state index contributed by atoms with van der Waals surface area (Å²) in [6.07, 6.45) is 1.04. The van der Waals surface area contributed by atoms with Gasteiger partial charge in [0.2, 0.25) is 0 Å². The molecule has 116 valence electrons. The molecule has 0 spiro atoms. The molecule has 0 aromatic heterocycles. The molecule has 0 radical (unpaired) electrons. The second kappa shape index (κ2) is 7.23. The molecule has 0 saturated heterocycles. The number of amides is 1. The monoisotopic (exact) mass is 296 g/mol. The van der Waals surface area contributed by atoms with Crippen LogP contribution in [-0.4, -0.2) is 18.0 Å². The summed E-state index contributed by atoms with van der Waals surface area (Å²) in [5.74, 6) is -0.0855. The van der Waals surface area contributed by atoms with E-state index in [1.807, 2.05) is 38.1 Å². The number of hydrogen-bond donors (Lipinski definition) is 2. The summed E-state index contributed by atoms with van der Waals surface area (Å²) in [6.45, 7) is 5.94. The Balaban J connectivity index is 2.10. The van der Waals surface area contributed by atoms with Gasteiger partial charge >= 0.3 is 0 Å². The molecule has 0 aliphatic carbocycles. The molecule has 0 aliphatic rings. The van der Waals surface area contributed by atoms with E-state index in [9.17, 15) is 4.79 Å². The Morgan fingerprint density at radius 1 is 1.00 bits per heavy atom. The van der Waals surface area contributed by atoms with Gasteiger partial charge in [0, 0.05) is 17.6 Å². The van der Waals surface area contributed by atoms with Crippen molar-refractivity contribution in [3.05, 3.63) is 59.7 Å². The number of hydrogen-bond acceptors (Lipinski definition) is 2. The van der Waals surface area contributed by atoms with Crippen LogP contribution in [-0.2, 0) is 6.42 Å². The fourth-order valence-corrected chi connectivity index (χ4v) is 2.17. The first-order valence-electron chi connectivity index (χ1n) is 7.77. The van der Waals surface area contributed by atoms with E-state index in [0.717, 1.165) is 17.5 Å². The molecule has 3 heteroatoms. The van der Waals surface area contributed by atoms with Gasteiger partial charge in [0.15, 0.2) is 0 Å². The molecular weight excluding hydrogens is 272 g/mol. The Hall–Kier alpha value is -2.13. The molecule has 2 rings (SSSR count). The van der Waals surface area contributed by atoms with Crippen molar-refractivity contribution in [1.82, 2.24) is 5.32 Å². The molecule has 1 amide bonds. The second-order valence-electron chi connectivity index (χ2n) is 5.75. The predicted molar refractivity (Wildman–Crippen MR) is 91.8 cm³/mol. The van der Waals surface area contributed by atoms with Gasteiger partial charge in [0.05, 0.1) is 0 Å². The second-order valence-corrected chi connectivity index (χ2v) is 5.75. The van der Waals surface area contributed by atoms with Crippen molar-refractivity contribution >= 4 is 5.91 Å². The molecule has 0 heterocycles. The topological polar surface area (TPSA) is 55.1 Å². The lowest BCUT2D eigenvalue weighted by molar-refractivity contribution is 0.0936. The molecule has 0 fully saturated rings. The molecular formula is C19H24N2O. The highest BCUT2D eigenvalue weighted by atomic mass is 16.1. The smallest absolute Gasteiger partial charge is 0.251 e. The minimum atomic E-state index is -0.0855. The minimum absolute atomic E-state index is 0.0474. The number of nitrogens with two attached hydrogens (primary N) is 1. The fourth-order valence-electron chi connectivity index (χ4n) is 2.17. The van der Waals surface area contributed by atoms with Crippen molar-refractivity contribution < 1.29 is 4.79 Å². The molecule has 0 aliphatic heterocycles. The van der Waals surface area contributed by atoms with Crippen molar-refractivity contribution in [3.8, 4) is 11.1 Å². The zero-order valence-corrected chi connectivity index (χ0v) is 13.5. The maximum atomic E-state index is 12.1. The summed E-state index contributed by atoms with van der Waals surface area (Å²) in [5, 5.41) is 2.91. The molecule has 3 N–H and O–H groups in total. The molecule has 2 atom stereocenters. The van der Waals surface area contributed by atoms with Crippen molar-refractivity contribution in [2.24, 2.45) is 5.73 Å².